The molecule has 13 heavy (non-hydrogen) atoms. The van der Waals surface area contributed by atoms with Gasteiger partial charge in [0.2, 0.25) is 0 Å². The minimum Gasteiger partial charge on any atom is -0.481 e. The van der Waals surface area contributed by atoms with E-state index in [2.05, 4.69) is 18.4 Å². The molecule has 1 heterocycles. The van der Waals surface area contributed by atoms with Gasteiger partial charge in [-0.25, -0.2) is 0 Å². The number of thioether (sulfide) groups is 1. The molecule has 0 spiro atoms. The van der Waals surface area contributed by atoms with Crippen LogP contribution in [0.4, 0.5) is 0 Å². The van der Waals surface area contributed by atoms with Crippen LogP contribution in [0.25, 0.3) is 0 Å². The molecule has 1 unspecified atom stereocenters. The van der Waals surface area contributed by atoms with Gasteiger partial charge in [0, 0.05) is 12.2 Å². The first-order chi connectivity index (χ1) is 6.12. The molecule has 0 amide bonds. The highest BCUT2D eigenvalue weighted by atomic mass is 32.2. The van der Waals surface area contributed by atoms with Crippen molar-refractivity contribution < 1.29 is 9.90 Å². The van der Waals surface area contributed by atoms with Crippen molar-refractivity contribution in [1.29, 1.82) is 0 Å². The molecule has 1 aliphatic heterocycles. The number of hydrogen-bond donors (Lipinski definition) is 1. The average Bonchev–Trinajstić information content (AvgIpc) is 2.47. The highest BCUT2D eigenvalue weighted by Crippen LogP contribution is 2.36. The van der Waals surface area contributed by atoms with E-state index in [9.17, 15) is 4.79 Å². The first-order valence-corrected chi connectivity index (χ1v) is 5.68. The number of hydrogen-bond acceptors (Lipinski definition) is 2. The molecule has 0 aromatic rings. The Labute approximate surface area is 83.4 Å². The van der Waals surface area contributed by atoms with Crippen LogP contribution < -0.4 is 0 Å². The Morgan fingerprint density at radius 3 is 2.92 bits per heavy atom. The van der Waals surface area contributed by atoms with Gasteiger partial charge in [-0.05, 0) is 23.7 Å². The maximum absolute atomic E-state index is 10.3. The second-order valence-corrected chi connectivity index (χ2v) is 4.76. The Morgan fingerprint density at radius 1 is 1.62 bits per heavy atom. The average molecular weight is 200 g/mol. The van der Waals surface area contributed by atoms with Gasteiger partial charge in [-0.1, -0.05) is 19.4 Å². The van der Waals surface area contributed by atoms with Gasteiger partial charge < -0.3 is 5.11 Å². The lowest BCUT2D eigenvalue weighted by atomic mass is 9.87. The van der Waals surface area contributed by atoms with Crippen LogP contribution in [-0.2, 0) is 4.79 Å². The van der Waals surface area contributed by atoms with Crippen molar-refractivity contribution in [3.63, 3.8) is 0 Å². The van der Waals surface area contributed by atoms with Crippen molar-refractivity contribution in [2.45, 2.75) is 32.6 Å². The van der Waals surface area contributed by atoms with Crippen molar-refractivity contribution in [2.75, 3.05) is 5.75 Å². The quantitative estimate of drug-likeness (QED) is 0.693. The Bertz CT molecular complexity index is 213. The lowest BCUT2D eigenvalue weighted by molar-refractivity contribution is -0.137. The fraction of sp³-hybridized carbons (Fsp3) is 0.700. The van der Waals surface area contributed by atoms with E-state index in [-0.39, 0.29) is 0 Å². The molecule has 74 valence electrons. The zero-order valence-corrected chi connectivity index (χ0v) is 8.77. The van der Waals surface area contributed by atoms with Gasteiger partial charge in [-0.3, -0.25) is 4.79 Å². The topological polar surface area (TPSA) is 37.3 Å². The van der Waals surface area contributed by atoms with Gasteiger partial charge in [0.25, 0.3) is 0 Å². The minimum atomic E-state index is -0.679. The van der Waals surface area contributed by atoms with Gasteiger partial charge in [-0.15, -0.1) is 11.8 Å². The highest BCUT2D eigenvalue weighted by Gasteiger charge is 2.23. The second-order valence-electron chi connectivity index (χ2n) is 3.87. The van der Waals surface area contributed by atoms with E-state index in [1.165, 1.54) is 0 Å². The van der Waals surface area contributed by atoms with Gasteiger partial charge in [-0.2, -0.15) is 0 Å². The van der Waals surface area contributed by atoms with E-state index in [1.54, 1.807) is 0 Å². The molecule has 0 aromatic heterocycles. The smallest absolute Gasteiger partial charge is 0.303 e. The molecule has 1 rings (SSSR count). The molecule has 3 heteroatoms. The number of unbranched alkanes of at least 4 members (excludes halogenated alkanes) is 1. The number of carbonyl (C=O) groups is 1. The Kier molecular flexibility index (Phi) is 3.85. The van der Waals surface area contributed by atoms with Crippen molar-refractivity contribution in [3.05, 3.63) is 11.5 Å². The van der Waals surface area contributed by atoms with Crippen LogP contribution in [0.2, 0.25) is 0 Å². The molecule has 1 atom stereocenters. The molecule has 0 bridgehead atoms. The molecule has 0 aromatic carbocycles. The van der Waals surface area contributed by atoms with Crippen LogP contribution in [0.15, 0.2) is 11.5 Å². The summed E-state index contributed by atoms with van der Waals surface area (Å²) in [7, 11) is 0. The van der Waals surface area contributed by atoms with E-state index in [0.29, 0.717) is 11.8 Å². The maximum atomic E-state index is 10.3. The summed E-state index contributed by atoms with van der Waals surface area (Å²) in [5, 5.41) is 10.6. The van der Waals surface area contributed by atoms with Crippen molar-refractivity contribution in [2.24, 2.45) is 5.41 Å². The molecule has 0 aliphatic carbocycles. The minimum absolute atomic E-state index is 0.312. The molecule has 0 saturated heterocycles. The lowest BCUT2D eigenvalue weighted by Crippen LogP contribution is -2.13. The molecule has 2 nitrogen and oxygen atoms in total. The van der Waals surface area contributed by atoms with Gasteiger partial charge in [0.15, 0.2) is 0 Å². The number of carboxylic acid groups (broad SMARTS) is 1. The summed E-state index contributed by atoms with van der Waals surface area (Å²) in [5.41, 5.74) is 0.323. The third-order valence-corrected chi connectivity index (χ3v) is 3.52. The molecule has 0 fully saturated rings. The van der Waals surface area contributed by atoms with Crippen LogP contribution in [-0.4, -0.2) is 16.8 Å². The van der Waals surface area contributed by atoms with E-state index in [4.69, 9.17) is 5.11 Å². The Morgan fingerprint density at radius 2 is 2.38 bits per heavy atom. The number of aliphatic carboxylic acids is 1. The van der Waals surface area contributed by atoms with E-state index < -0.39 is 5.97 Å². The van der Waals surface area contributed by atoms with E-state index in [0.717, 1.165) is 25.0 Å². The van der Waals surface area contributed by atoms with Gasteiger partial charge in [0.1, 0.15) is 0 Å². The highest BCUT2D eigenvalue weighted by molar-refractivity contribution is 8.02. The Balaban J connectivity index is 2.12. The van der Waals surface area contributed by atoms with Crippen molar-refractivity contribution in [1.82, 2.24) is 0 Å². The van der Waals surface area contributed by atoms with Crippen LogP contribution >= 0.6 is 11.8 Å². The first kappa shape index (κ1) is 10.6. The number of allylic oxidation sites excluding steroid dienone is 1. The Hall–Kier alpha value is -0.440. The number of carboxylic acids is 1. The zero-order chi connectivity index (χ0) is 9.73. The largest absolute Gasteiger partial charge is 0.481 e. The zero-order valence-electron chi connectivity index (χ0n) is 7.95. The van der Waals surface area contributed by atoms with Gasteiger partial charge in [0.05, 0.1) is 0 Å². The summed E-state index contributed by atoms with van der Waals surface area (Å²) in [6.07, 6.45) is 5.51. The third kappa shape index (κ3) is 3.85. The van der Waals surface area contributed by atoms with E-state index >= 15 is 0 Å². The molecule has 0 radical (unpaired) electrons. The lowest BCUT2D eigenvalue weighted by Gasteiger charge is -2.20. The third-order valence-electron chi connectivity index (χ3n) is 2.37. The second kappa shape index (κ2) is 4.70. The summed E-state index contributed by atoms with van der Waals surface area (Å²) in [6, 6.07) is 0. The van der Waals surface area contributed by atoms with Gasteiger partial charge >= 0.3 is 5.97 Å². The predicted molar refractivity (Wildman–Crippen MR) is 55.8 cm³/mol. The van der Waals surface area contributed by atoms with E-state index in [1.807, 2.05) is 11.8 Å². The molecule has 1 N–H and O–H groups in total. The van der Waals surface area contributed by atoms with Crippen molar-refractivity contribution >= 4 is 17.7 Å². The molecule has 0 saturated carbocycles. The summed E-state index contributed by atoms with van der Waals surface area (Å²) < 4.78 is 0. The van der Waals surface area contributed by atoms with Crippen molar-refractivity contribution in [3.8, 4) is 0 Å². The number of rotatable bonds is 5. The summed E-state index contributed by atoms with van der Waals surface area (Å²) in [4.78, 5) is 10.3. The predicted octanol–water partition coefficient (Wildman–Crippen LogP) is 2.90. The van der Waals surface area contributed by atoms with Crippen LogP contribution in [0.1, 0.15) is 32.6 Å². The summed E-state index contributed by atoms with van der Waals surface area (Å²) >= 11 is 1.85. The fourth-order valence-electron chi connectivity index (χ4n) is 1.46. The molecular formula is C10H16O2S. The van der Waals surface area contributed by atoms with Crippen LogP contribution in [0.3, 0.4) is 0 Å². The molecular weight excluding hydrogens is 184 g/mol. The molecule has 1 aliphatic rings. The summed E-state index contributed by atoms with van der Waals surface area (Å²) in [6.45, 7) is 2.24. The standard InChI is InChI=1S/C10H16O2S/c1-10(6-7-13-8-10)5-3-2-4-9(11)12/h6-7H,2-5,8H2,1H3,(H,11,12). The normalized spacial score (nSPS) is 26.5. The first-order valence-electron chi connectivity index (χ1n) is 4.63. The monoisotopic (exact) mass is 200 g/mol. The SMILES string of the molecule is CC1(CCCCC(=O)O)C=CSC1. The summed E-state index contributed by atoms with van der Waals surface area (Å²) in [5.74, 6) is 0.474. The maximum Gasteiger partial charge on any atom is 0.303 e. The van der Waals surface area contributed by atoms with Crippen LogP contribution in [0.5, 0.6) is 0 Å². The fourth-order valence-corrected chi connectivity index (χ4v) is 2.60. The van der Waals surface area contributed by atoms with Crippen LogP contribution in [0, 0.1) is 5.41 Å².